The summed E-state index contributed by atoms with van der Waals surface area (Å²) in [6.45, 7) is 3.47. The molecule has 1 aromatic carbocycles. The van der Waals surface area contributed by atoms with Gasteiger partial charge in [0.15, 0.2) is 0 Å². The average molecular weight is 510 g/mol. The second kappa shape index (κ2) is 9.66. The Morgan fingerprint density at radius 2 is 1.55 bits per heavy atom. The SMILES string of the molecule is C1=C(c2ccc(N3CCC(c4cnc(C5CCCC5)[nH]4)CC3)c3c2C2CCC3CC2)CC([C@@H]2CCCN2)=N1. The molecular weight excluding hydrogens is 466 g/mol. The summed E-state index contributed by atoms with van der Waals surface area (Å²) in [6, 6.07) is 5.48. The van der Waals surface area contributed by atoms with Crippen molar-refractivity contribution in [2.45, 2.75) is 113 Å². The number of nitrogens with zero attached hydrogens (tertiary/aromatic N) is 3. The summed E-state index contributed by atoms with van der Waals surface area (Å²) in [5.41, 5.74) is 10.8. The zero-order valence-corrected chi connectivity index (χ0v) is 22.9. The van der Waals surface area contributed by atoms with Gasteiger partial charge in [0, 0.05) is 66.9 Å². The molecule has 1 aromatic heterocycles. The van der Waals surface area contributed by atoms with Crippen LogP contribution in [0.3, 0.4) is 0 Å². The van der Waals surface area contributed by atoms with Crippen LogP contribution in [0.25, 0.3) is 5.57 Å². The summed E-state index contributed by atoms with van der Waals surface area (Å²) in [4.78, 5) is 16.3. The van der Waals surface area contributed by atoms with Gasteiger partial charge in [0.1, 0.15) is 5.82 Å². The number of nitrogens with one attached hydrogen (secondary N) is 2. The van der Waals surface area contributed by atoms with Gasteiger partial charge in [0.25, 0.3) is 0 Å². The van der Waals surface area contributed by atoms with Crippen LogP contribution in [0.4, 0.5) is 5.69 Å². The average Bonchev–Trinajstić information content (AvgIpc) is 3.80. The Bertz CT molecular complexity index is 1240. The lowest BCUT2D eigenvalue weighted by Gasteiger charge is -2.44. The highest BCUT2D eigenvalue weighted by molar-refractivity contribution is 6.02. The van der Waals surface area contributed by atoms with Crippen LogP contribution in [0.2, 0.25) is 0 Å². The van der Waals surface area contributed by atoms with Gasteiger partial charge < -0.3 is 15.2 Å². The third-order valence-corrected chi connectivity index (χ3v) is 11.0. The number of fused-ring (bicyclic) bond motifs is 2. The van der Waals surface area contributed by atoms with Gasteiger partial charge in [-0.3, -0.25) is 4.99 Å². The second-order valence-corrected chi connectivity index (χ2v) is 13.1. The smallest absolute Gasteiger partial charge is 0.109 e. The van der Waals surface area contributed by atoms with E-state index >= 15 is 0 Å². The van der Waals surface area contributed by atoms with Crippen molar-refractivity contribution in [2.75, 3.05) is 24.5 Å². The highest BCUT2D eigenvalue weighted by atomic mass is 15.1. The second-order valence-electron chi connectivity index (χ2n) is 13.1. The fraction of sp³-hybridized carbons (Fsp3) is 0.636. The number of hydrogen-bond acceptors (Lipinski definition) is 4. The molecule has 4 aliphatic carbocycles. The van der Waals surface area contributed by atoms with E-state index in [1.54, 1.807) is 16.8 Å². The Kier molecular flexibility index (Phi) is 5.97. The lowest BCUT2D eigenvalue weighted by atomic mass is 9.64. The number of aliphatic imine (C=N–C) groups is 1. The first-order valence-electron chi connectivity index (χ1n) is 15.8. The van der Waals surface area contributed by atoms with Gasteiger partial charge in [-0.05, 0) is 111 Å². The van der Waals surface area contributed by atoms with E-state index in [-0.39, 0.29) is 0 Å². The van der Waals surface area contributed by atoms with Gasteiger partial charge in [-0.1, -0.05) is 18.9 Å². The predicted molar refractivity (Wildman–Crippen MR) is 155 cm³/mol. The Morgan fingerprint density at radius 3 is 2.32 bits per heavy atom. The molecule has 38 heavy (non-hydrogen) atoms. The fourth-order valence-electron chi connectivity index (χ4n) is 8.91. The number of hydrogen-bond donors (Lipinski definition) is 2. The van der Waals surface area contributed by atoms with Gasteiger partial charge in [0.2, 0.25) is 0 Å². The van der Waals surface area contributed by atoms with Crippen molar-refractivity contribution in [3.05, 3.63) is 52.7 Å². The first kappa shape index (κ1) is 23.5. The molecule has 0 amide bonds. The quantitative estimate of drug-likeness (QED) is 0.450. The minimum atomic E-state index is 0.501. The highest BCUT2D eigenvalue weighted by Gasteiger charge is 2.39. The zero-order chi connectivity index (χ0) is 25.1. The summed E-state index contributed by atoms with van der Waals surface area (Å²) in [6.07, 6.45) is 21.3. The van der Waals surface area contributed by atoms with E-state index in [0.29, 0.717) is 17.9 Å². The fourth-order valence-corrected chi connectivity index (χ4v) is 8.91. The number of rotatable bonds is 5. The molecule has 0 unspecified atom stereocenters. The molecule has 2 saturated carbocycles. The van der Waals surface area contributed by atoms with Crippen LogP contribution in [0.1, 0.15) is 135 Å². The molecule has 0 radical (unpaired) electrons. The monoisotopic (exact) mass is 509 g/mol. The van der Waals surface area contributed by atoms with Gasteiger partial charge in [-0.25, -0.2) is 4.98 Å². The van der Waals surface area contributed by atoms with Crippen molar-refractivity contribution < 1.29 is 0 Å². The van der Waals surface area contributed by atoms with Crippen LogP contribution in [0.5, 0.6) is 0 Å². The minimum Gasteiger partial charge on any atom is -0.371 e. The van der Waals surface area contributed by atoms with E-state index in [1.807, 2.05) is 0 Å². The van der Waals surface area contributed by atoms with Crippen molar-refractivity contribution in [2.24, 2.45) is 4.99 Å². The van der Waals surface area contributed by atoms with E-state index in [4.69, 9.17) is 9.98 Å². The Labute approximate surface area is 227 Å². The molecule has 2 saturated heterocycles. The molecule has 5 nitrogen and oxygen atoms in total. The maximum absolute atomic E-state index is 4.94. The van der Waals surface area contributed by atoms with Crippen molar-refractivity contribution >= 4 is 17.0 Å². The number of allylic oxidation sites excluding steroid dienone is 1. The summed E-state index contributed by atoms with van der Waals surface area (Å²) >= 11 is 0. The van der Waals surface area contributed by atoms with E-state index in [2.05, 4.69) is 39.7 Å². The van der Waals surface area contributed by atoms with E-state index in [0.717, 1.165) is 37.9 Å². The van der Waals surface area contributed by atoms with Crippen LogP contribution >= 0.6 is 0 Å². The zero-order valence-electron chi connectivity index (χ0n) is 22.9. The molecule has 7 aliphatic rings. The molecule has 0 spiro atoms. The van der Waals surface area contributed by atoms with Crippen molar-refractivity contribution in [1.29, 1.82) is 0 Å². The highest BCUT2D eigenvalue weighted by Crippen LogP contribution is 2.55. The number of anilines is 1. The molecule has 4 heterocycles. The van der Waals surface area contributed by atoms with Crippen LogP contribution in [-0.2, 0) is 0 Å². The van der Waals surface area contributed by atoms with Crippen molar-refractivity contribution in [3.63, 3.8) is 0 Å². The lowest BCUT2D eigenvalue weighted by molar-refractivity contribution is 0.357. The standard InChI is InChI=1S/C33H43N5/c1-2-5-24(4-1)33-36-20-29(37-33)21-13-16-38(17-14-21)30-12-11-26(31-22-7-9-23(10-8-22)32(30)31)25-18-28(35-19-25)27-6-3-15-34-27/h11-12,19-24,27,34H,1-10,13-18H2,(H,36,37)/t22?,23?,27-/m0/s1. The van der Waals surface area contributed by atoms with Gasteiger partial charge in [0.05, 0.1) is 0 Å². The summed E-state index contributed by atoms with van der Waals surface area (Å²) in [5, 5.41) is 3.67. The maximum Gasteiger partial charge on any atom is 0.109 e. The largest absolute Gasteiger partial charge is 0.371 e. The maximum atomic E-state index is 4.94. The molecule has 2 aromatic rings. The molecule has 5 heteroatoms. The molecule has 9 rings (SSSR count). The van der Waals surface area contributed by atoms with Crippen LogP contribution in [-0.4, -0.2) is 41.4 Å². The number of H-pyrrole nitrogens is 1. The van der Waals surface area contributed by atoms with E-state index < -0.39 is 0 Å². The van der Waals surface area contributed by atoms with E-state index in [1.165, 1.54) is 105 Å². The molecule has 4 fully saturated rings. The first-order valence-corrected chi connectivity index (χ1v) is 15.8. The minimum absolute atomic E-state index is 0.501. The van der Waals surface area contributed by atoms with Crippen molar-refractivity contribution in [1.82, 2.24) is 15.3 Å². The van der Waals surface area contributed by atoms with Gasteiger partial charge in [-0.2, -0.15) is 0 Å². The predicted octanol–water partition coefficient (Wildman–Crippen LogP) is 7.14. The number of benzene rings is 1. The molecule has 2 N–H and O–H groups in total. The van der Waals surface area contributed by atoms with E-state index in [9.17, 15) is 0 Å². The normalized spacial score (nSPS) is 29.7. The number of imidazole rings is 1. The first-order chi connectivity index (χ1) is 18.8. The molecular formula is C33H43N5. The Morgan fingerprint density at radius 1 is 0.763 bits per heavy atom. The summed E-state index contributed by atoms with van der Waals surface area (Å²) in [7, 11) is 0. The van der Waals surface area contributed by atoms with Crippen molar-refractivity contribution in [3.8, 4) is 0 Å². The molecule has 2 bridgehead atoms. The van der Waals surface area contributed by atoms with Gasteiger partial charge >= 0.3 is 0 Å². The van der Waals surface area contributed by atoms with Crippen LogP contribution < -0.4 is 10.2 Å². The third kappa shape index (κ3) is 3.99. The lowest BCUT2D eigenvalue weighted by Crippen LogP contribution is -2.35. The number of aromatic nitrogens is 2. The topological polar surface area (TPSA) is 56.3 Å². The van der Waals surface area contributed by atoms with Gasteiger partial charge in [-0.15, -0.1) is 0 Å². The third-order valence-electron chi connectivity index (χ3n) is 11.0. The number of piperidine rings is 1. The van der Waals surface area contributed by atoms with Crippen LogP contribution in [0, 0.1) is 0 Å². The molecule has 200 valence electrons. The molecule has 3 aliphatic heterocycles. The summed E-state index contributed by atoms with van der Waals surface area (Å²) < 4.78 is 0. The van der Waals surface area contributed by atoms with Crippen LogP contribution in [0.15, 0.2) is 29.5 Å². The Hall–Kier alpha value is -2.40. The number of aromatic amines is 1. The summed E-state index contributed by atoms with van der Waals surface area (Å²) in [5.74, 6) is 4.07. The Balaban J connectivity index is 1.03. The molecule has 1 atom stereocenters.